The minimum absolute atomic E-state index is 0.0525. The third kappa shape index (κ3) is 4.57. The van der Waals surface area contributed by atoms with Gasteiger partial charge in [-0.2, -0.15) is 0 Å². The van der Waals surface area contributed by atoms with Crippen molar-refractivity contribution >= 4 is 35.4 Å². The Labute approximate surface area is 186 Å². The van der Waals surface area contributed by atoms with Crippen molar-refractivity contribution in [3.8, 4) is 0 Å². The van der Waals surface area contributed by atoms with Crippen LogP contribution in [0.5, 0.6) is 0 Å². The van der Waals surface area contributed by atoms with Crippen LogP contribution in [0.25, 0.3) is 6.08 Å². The smallest absolute Gasteiger partial charge is 0.338 e. The van der Waals surface area contributed by atoms with Crippen LogP contribution in [0.4, 0.5) is 5.69 Å². The van der Waals surface area contributed by atoms with E-state index in [0.29, 0.717) is 17.1 Å². The second-order valence-corrected chi connectivity index (χ2v) is 8.36. The molecule has 1 saturated heterocycles. The Kier molecular flexibility index (Phi) is 6.23. The normalized spacial score (nSPS) is 17.2. The van der Waals surface area contributed by atoms with Crippen LogP contribution in [0.15, 0.2) is 83.8 Å². The molecule has 0 bridgehead atoms. The van der Waals surface area contributed by atoms with E-state index in [2.05, 4.69) is 0 Å². The van der Waals surface area contributed by atoms with Gasteiger partial charge in [-0.1, -0.05) is 71.9 Å². The van der Waals surface area contributed by atoms with E-state index in [9.17, 15) is 9.59 Å². The summed E-state index contributed by atoms with van der Waals surface area (Å²) in [6, 6.07) is 25.1. The lowest BCUT2D eigenvalue weighted by Crippen LogP contribution is -2.27. The summed E-state index contributed by atoms with van der Waals surface area (Å²) in [7, 11) is 0. The van der Waals surface area contributed by atoms with Gasteiger partial charge in [-0.15, -0.1) is 0 Å². The molecule has 1 fully saturated rings. The average Bonchev–Trinajstić information content (AvgIpc) is 3.12. The standard InChI is InChI=1S/C26H23NO3S/c1-3-30-26(29)21-13-15-22(16-14-21)27-24(28)23(17-19-11-9-18(2)10-12-19)31-25(27)20-7-5-4-6-8-20/h4-17,25H,3H2,1-2H3/b23-17-. The van der Waals surface area contributed by atoms with Crippen LogP contribution in [-0.2, 0) is 9.53 Å². The Morgan fingerprint density at radius 1 is 1.00 bits per heavy atom. The number of ether oxygens (including phenoxy) is 1. The number of hydrogen-bond acceptors (Lipinski definition) is 4. The van der Waals surface area contributed by atoms with Crippen molar-refractivity contribution in [2.45, 2.75) is 19.2 Å². The summed E-state index contributed by atoms with van der Waals surface area (Å²) in [5, 5.41) is -0.182. The van der Waals surface area contributed by atoms with Gasteiger partial charge >= 0.3 is 5.97 Å². The predicted molar refractivity (Wildman–Crippen MR) is 126 cm³/mol. The minimum Gasteiger partial charge on any atom is -0.462 e. The molecular formula is C26H23NO3S. The molecule has 5 heteroatoms. The SMILES string of the molecule is CCOC(=O)c1ccc(N2C(=O)/C(=C/c3ccc(C)cc3)SC2c2ccccc2)cc1. The summed E-state index contributed by atoms with van der Waals surface area (Å²) in [6.07, 6.45) is 1.94. The highest BCUT2D eigenvalue weighted by Crippen LogP contribution is 2.48. The van der Waals surface area contributed by atoms with E-state index in [0.717, 1.165) is 16.8 Å². The fraction of sp³-hybridized carbons (Fsp3) is 0.154. The molecule has 1 unspecified atom stereocenters. The van der Waals surface area contributed by atoms with Crippen LogP contribution in [0.2, 0.25) is 0 Å². The molecule has 1 aliphatic heterocycles. The molecule has 4 rings (SSSR count). The van der Waals surface area contributed by atoms with E-state index in [1.807, 2.05) is 67.6 Å². The zero-order valence-electron chi connectivity index (χ0n) is 17.4. The van der Waals surface area contributed by atoms with Crippen molar-refractivity contribution in [2.24, 2.45) is 0 Å². The van der Waals surface area contributed by atoms with E-state index >= 15 is 0 Å². The van der Waals surface area contributed by atoms with Crippen LogP contribution in [0, 0.1) is 6.92 Å². The number of esters is 1. The van der Waals surface area contributed by atoms with Gasteiger partial charge in [-0.3, -0.25) is 9.69 Å². The van der Waals surface area contributed by atoms with Crippen molar-refractivity contribution < 1.29 is 14.3 Å². The third-order valence-electron chi connectivity index (χ3n) is 5.02. The molecule has 0 saturated carbocycles. The Hall–Kier alpha value is -3.31. The highest BCUT2D eigenvalue weighted by atomic mass is 32.2. The summed E-state index contributed by atoms with van der Waals surface area (Å²) in [5.41, 5.74) is 4.43. The van der Waals surface area contributed by atoms with Gasteiger partial charge in [0, 0.05) is 5.69 Å². The zero-order valence-corrected chi connectivity index (χ0v) is 18.3. The van der Waals surface area contributed by atoms with E-state index in [-0.39, 0.29) is 17.3 Å². The molecule has 0 N–H and O–H groups in total. The minimum atomic E-state index is -0.365. The van der Waals surface area contributed by atoms with Crippen LogP contribution in [-0.4, -0.2) is 18.5 Å². The Morgan fingerprint density at radius 3 is 2.32 bits per heavy atom. The number of rotatable bonds is 5. The molecule has 0 radical (unpaired) electrons. The second-order valence-electron chi connectivity index (χ2n) is 7.24. The maximum atomic E-state index is 13.4. The van der Waals surface area contributed by atoms with Gasteiger partial charge in [-0.05, 0) is 55.3 Å². The second kappa shape index (κ2) is 9.23. The van der Waals surface area contributed by atoms with Gasteiger partial charge < -0.3 is 4.74 Å². The van der Waals surface area contributed by atoms with Crippen molar-refractivity contribution in [2.75, 3.05) is 11.5 Å². The highest BCUT2D eigenvalue weighted by molar-refractivity contribution is 8.05. The van der Waals surface area contributed by atoms with Crippen LogP contribution in [0.3, 0.4) is 0 Å². The first-order chi connectivity index (χ1) is 15.1. The predicted octanol–water partition coefficient (Wildman–Crippen LogP) is 5.99. The highest BCUT2D eigenvalue weighted by Gasteiger charge is 2.38. The van der Waals surface area contributed by atoms with Crippen LogP contribution in [0.1, 0.15) is 39.3 Å². The van der Waals surface area contributed by atoms with Gasteiger partial charge in [0.15, 0.2) is 0 Å². The molecular weight excluding hydrogens is 406 g/mol. The molecule has 3 aromatic carbocycles. The number of nitrogens with zero attached hydrogens (tertiary/aromatic N) is 1. The molecule has 1 amide bonds. The summed E-state index contributed by atoms with van der Waals surface area (Å²) >= 11 is 1.54. The van der Waals surface area contributed by atoms with E-state index in [1.54, 1.807) is 36.1 Å². The topological polar surface area (TPSA) is 46.6 Å². The fourth-order valence-electron chi connectivity index (χ4n) is 3.42. The maximum absolute atomic E-state index is 13.4. The third-order valence-corrected chi connectivity index (χ3v) is 6.27. The molecule has 0 aromatic heterocycles. The molecule has 1 aliphatic rings. The number of amides is 1. The van der Waals surface area contributed by atoms with Crippen molar-refractivity contribution in [1.82, 2.24) is 0 Å². The maximum Gasteiger partial charge on any atom is 0.338 e. The monoisotopic (exact) mass is 429 g/mol. The summed E-state index contributed by atoms with van der Waals surface area (Å²) < 4.78 is 5.06. The van der Waals surface area contributed by atoms with Crippen molar-refractivity contribution in [3.05, 3.63) is 106 Å². The van der Waals surface area contributed by atoms with Crippen LogP contribution < -0.4 is 4.90 Å². The zero-order chi connectivity index (χ0) is 21.8. The number of carbonyl (C=O) groups excluding carboxylic acids is 2. The average molecular weight is 430 g/mol. The lowest BCUT2D eigenvalue weighted by Gasteiger charge is -2.24. The first kappa shape index (κ1) is 20.9. The van der Waals surface area contributed by atoms with Crippen molar-refractivity contribution in [3.63, 3.8) is 0 Å². The van der Waals surface area contributed by atoms with Gasteiger partial charge in [-0.25, -0.2) is 4.79 Å². The first-order valence-electron chi connectivity index (χ1n) is 10.2. The van der Waals surface area contributed by atoms with E-state index in [4.69, 9.17) is 4.74 Å². The quantitative estimate of drug-likeness (QED) is 0.369. The molecule has 0 spiro atoms. The van der Waals surface area contributed by atoms with E-state index in [1.165, 1.54) is 17.3 Å². The van der Waals surface area contributed by atoms with Gasteiger partial charge in [0.2, 0.25) is 0 Å². The molecule has 4 nitrogen and oxygen atoms in total. The molecule has 31 heavy (non-hydrogen) atoms. The molecule has 1 heterocycles. The number of benzene rings is 3. The lowest BCUT2D eigenvalue weighted by molar-refractivity contribution is -0.114. The summed E-state index contributed by atoms with van der Waals surface area (Å²) in [6.45, 7) is 4.14. The first-order valence-corrected chi connectivity index (χ1v) is 11.1. The molecule has 3 aromatic rings. The largest absolute Gasteiger partial charge is 0.462 e. The van der Waals surface area contributed by atoms with Gasteiger partial charge in [0.05, 0.1) is 17.1 Å². The van der Waals surface area contributed by atoms with Gasteiger partial charge in [0.25, 0.3) is 5.91 Å². The summed E-state index contributed by atoms with van der Waals surface area (Å²) in [4.78, 5) is 27.9. The van der Waals surface area contributed by atoms with Crippen molar-refractivity contribution in [1.29, 1.82) is 0 Å². The fourth-order valence-corrected chi connectivity index (χ4v) is 4.68. The number of thioether (sulfide) groups is 1. The number of aryl methyl sites for hydroxylation is 1. The van der Waals surface area contributed by atoms with Crippen LogP contribution >= 0.6 is 11.8 Å². The van der Waals surface area contributed by atoms with E-state index < -0.39 is 0 Å². The molecule has 0 aliphatic carbocycles. The Balaban J connectivity index is 1.70. The number of carbonyl (C=O) groups is 2. The lowest BCUT2D eigenvalue weighted by atomic mass is 10.1. The molecule has 1 atom stereocenters. The number of hydrogen-bond donors (Lipinski definition) is 0. The number of anilines is 1. The molecule has 156 valence electrons. The Bertz CT molecular complexity index is 1110. The summed E-state index contributed by atoms with van der Waals surface area (Å²) in [5.74, 6) is -0.418. The van der Waals surface area contributed by atoms with Gasteiger partial charge in [0.1, 0.15) is 5.37 Å². The Morgan fingerprint density at radius 2 is 1.68 bits per heavy atom.